The van der Waals surface area contributed by atoms with Gasteiger partial charge in [0.2, 0.25) is 11.8 Å². The molecule has 0 spiro atoms. The van der Waals surface area contributed by atoms with Crippen LogP contribution in [0.25, 0.3) is 0 Å². The Morgan fingerprint density at radius 3 is 2.62 bits per heavy atom. The molecule has 6 nitrogen and oxygen atoms in total. The summed E-state index contributed by atoms with van der Waals surface area (Å²) in [6, 6.07) is 0. The van der Waals surface area contributed by atoms with E-state index in [1.807, 2.05) is 17.1 Å². The first-order valence-corrected chi connectivity index (χ1v) is 7.53. The molecule has 1 fully saturated rings. The number of carboxylic acid groups (broad SMARTS) is 1. The molecule has 0 saturated carbocycles. The molecule has 116 valence electrons. The molecule has 0 aromatic carbocycles. The highest BCUT2D eigenvalue weighted by Crippen LogP contribution is 2.25. The summed E-state index contributed by atoms with van der Waals surface area (Å²) >= 11 is 0. The van der Waals surface area contributed by atoms with Crippen LogP contribution in [0.3, 0.4) is 0 Å². The van der Waals surface area contributed by atoms with Gasteiger partial charge in [-0.25, -0.2) is 0 Å². The van der Waals surface area contributed by atoms with Crippen LogP contribution in [-0.4, -0.2) is 47.4 Å². The van der Waals surface area contributed by atoms with E-state index in [2.05, 4.69) is 5.32 Å². The lowest BCUT2D eigenvalue weighted by Crippen LogP contribution is -2.39. The first-order chi connectivity index (χ1) is 10.1. The van der Waals surface area contributed by atoms with Gasteiger partial charge in [0, 0.05) is 26.1 Å². The van der Waals surface area contributed by atoms with E-state index in [4.69, 9.17) is 5.11 Å². The molecule has 1 saturated heterocycles. The number of carbonyl (C=O) groups is 3. The maximum Gasteiger partial charge on any atom is 0.307 e. The van der Waals surface area contributed by atoms with E-state index >= 15 is 0 Å². The van der Waals surface area contributed by atoms with Crippen LogP contribution in [0.5, 0.6) is 0 Å². The van der Waals surface area contributed by atoms with Gasteiger partial charge in [-0.05, 0) is 25.7 Å². The monoisotopic (exact) mass is 294 g/mol. The van der Waals surface area contributed by atoms with Crippen LogP contribution in [0, 0.1) is 11.8 Å². The minimum absolute atomic E-state index is 0.185. The summed E-state index contributed by atoms with van der Waals surface area (Å²) in [5, 5.41) is 11.9. The van der Waals surface area contributed by atoms with Gasteiger partial charge in [0.05, 0.1) is 11.8 Å². The molecule has 1 heterocycles. The predicted molar refractivity (Wildman–Crippen MR) is 76.4 cm³/mol. The van der Waals surface area contributed by atoms with Crippen LogP contribution in [0.15, 0.2) is 12.2 Å². The Bertz CT molecular complexity index is 447. The Balaban J connectivity index is 1.72. The van der Waals surface area contributed by atoms with Crippen molar-refractivity contribution in [2.45, 2.75) is 32.1 Å². The Morgan fingerprint density at radius 2 is 2.00 bits per heavy atom. The molecule has 0 aromatic heterocycles. The number of aliphatic carboxylic acids is 1. The summed E-state index contributed by atoms with van der Waals surface area (Å²) in [5.41, 5.74) is 0. The minimum atomic E-state index is -0.915. The zero-order valence-corrected chi connectivity index (χ0v) is 12.1. The van der Waals surface area contributed by atoms with Crippen LogP contribution in [-0.2, 0) is 14.4 Å². The Kier molecular flexibility index (Phi) is 5.36. The number of carboxylic acids is 1. The average Bonchev–Trinajstić information content (AvgIpc) is 2.88. The topological polar surface area (TPSA) is 86.7 Å². The molecule has 0 bridgehead atoms. The molecular formula is C15H22N2O4. The van der Waals surface area contributed by atoms with E-state index in [-0.39, 0.29) is 11.8 Å². The molecule has 0 aromatic rings. The normalized spacial score (nSPS) is 25.1. The second kappa shape index (κ2) is 7.24. The van der Waals surface area contributed by atoms with Gasteiger partial charge in [-0.1, -0.05) is 12.2 Å². The van der Waals surface area contributed by atoms with Crippen molar-refractivity contribution in [1.29, 1.82) is 0 Å². The summed E-state index contributed by atoms with van der Waals surface area (Å²) in [6.07, 6.45) is 6.83. The highest BCUT2D eigenvalue weighted by atomic mass is 16.4. The van der Waals surface area contributed by atoms with Crippen molar-refractivity contribution < 1.29 is 19.5 Å². The van der Waals surface area contributed by atoms with Crippen molar-refractivity contribution in [1.82, 2.24) is 10.2 Å². The van der Waals surface area contributed by atoms with E-state index in [0.717, 1.165) is 13.0 Å². The number of carbonyl (C=O) groups excluding carboxylic acids is 2. The number of hydrogen-bond donors (Lipinski definition) is 2. The number of amides is 2. The molecule has 6 heteroatoms. The maximum atomic E-state index is 12.1. The first kappa shape index (κ1) is 15.5. The van der Waals surface area contributed by atoms with Crippen LogP contribution in [0.2, 0.25) is 0 Å². The smallest absolute Gasteiger partial charge is 0.307 e. The predicted octanol–water partition coefficient (Wildman–Crippen LogP) is 0.782. The maximum absolute atomic E-state index is 12.1. The van der Waals surface area contributed by atoms with E-state index in [1.54, 1.807) is 0 Å². The molecule has 0 radical (unpaired) electrons. The van der Waals surface area contributed by atoms with Crippen molar-refractivity contribution in [3.63, 3.8) is 0 Å². The zero-order valence-electron chi connectivity index (χ0n) is 12.1. The molecular weight excluding hydrogens is 272 g/mol. The largest absolute Gasteiger partial charge is 0.481 e. The SMILES string of the molecule is O=C(NCCCN1CCCC1=O)[C@H]1CC=CC[C@H]1C(=O)O. The third-order valence-corrected chi connectivity index (χ3v) is 4.16. The molecule has 1 aliphatic carbocycles. The summed E-state index contributed by atoms with van der Waals surface area (Å²) in [4.78, 5) is 36.5. The van der Waals surface area contributed by atoms with Crippen molar-refractivity contribution in [3.05, 3.63) is 12.2 Å². The molecule has 1 aliphatic heterocycles. The van der Waals surface area contributed by atoms with Gasteiger partial charge in [-0.2, -0.15) is 0 Å². The molecule has 2 aliphatic rings. The molecule has 2 atom stereocenters. The lowest BCUT2D eigenvalue weighted by molar-refractivity contribution is -0.147. The molecule has 21 heavy (non-hydrogen) atoms. The summed E-state index contributed by atoms with van der Waals surface area (Å²) in [7, 11) is 0. The van der Waals surface area contributed by atoms with Crippen molar-refractivity contribution in [3.8, 4) is 0 Å². The van der Waals surface area contributed by atoms with E-state index in [9.17, 15) is 14.4 Å². The second-order valence-electron chi connectivity index (χ2n) is 5.62. The van der Waals surface area contributed by atoms with Crippen molar-refractivity contribution in [2.75, 3.05) is 19.6 Å². The third-order valence-electron chi connectivity index (χ3n) is 4.16. The van der Waals surface area contributed by atoms with Gasteiger partial charge in [-0.15, -0.1) is 0 Å². The third kappa shape index (κ3) is 4.06. The standard InChI is InChI=1S/C15H22N2O4/c18-13-7-3-9-17(13)10-4-8-16-14(19)11-5-1-2-6-12(11)15(20)21/h1-2,11-12H,3-10H2,(H,16,19)(H,20,21)/t11-,12+/m0/s1. The number of likely N-dealkylation sites (tertiary alicyclic amines) is 1. The van der Waals surface area contributed by atoms with E-state index < -0.39 is 17.8 Å². The van der Waals surface area contributed by atoms with Crippen molar-refractivity contribution >= 4 is 17.8 Å². The Labute approximate surface area is 124 Å². The van der Waals surface area contributed by atoms with Crippen molar-refractivity contribution in [2.24, 2.45) is 11.8 Å². The van der Waals surface area contributed by atoms with Crippen LogP contribution < -0.4 is 5.32 Å². The molecule has 0 unspecified atom stereocenters. The number of nitrogens with one attached hydrogen (secondary N) is 1. The summed E-state index contributed by atoms with van der Waals surface area (Å²) in [6.45, 7) is 1.95. The minimum Gasteiger partial charge on any atom is -0.481 e. The lowest BCUT2D eigenvalue weighted by atomic mass is 9.82. The quantitative estimate of drug-likeness (QED) is 0.560. The number of allylic oxidation sites excluding steroid dienone is 2. The highest BCUT2D eigenvalue weighted by Gasteiger charge is 2.33. The lowest BCUT2D eigenvalue weighted by Gasteiger charge is -2.24. The fourth-order valence-corrected chi connectivity index (χ4v) is 2.93. The van der Waals surface area contributed by atoms with Gasteiger partial charge in [-0.3, -0.25) is 14.4 Å². The fourth-order valence-electron chi connectivity index (χ4n) is 2.93. The van der Waals surface area contributed by atoms with Gasteiger partial charge >= 0.3 is 5.97 Å². The van der Waals surface area contributed by atoms with E-state index in [0.29, 0.717) is 38.8 Å². The zero-order chi connectivity index (χ0) is 15.2. The summed E-state index contributed by atoms with van der Waals surface area (Å²) < 4.78 is 0. The molecule has 2 rings (SSSR count). The Morgan fingerprint density at radius 1 is 1.29 bits per heavy atom. The average molecular weight is 294 g/mol. The van der Waals surface area contributed by atoms with Gasteiger partial charge in [0.25, 0.3) is 0 Å². The molecule has 2 N–H and O–H groups in total. The highest BCUT2D eigenvalue weighted by molar-refractivity contribution is 5.85. The van der Waals surface area contributed by atoms with E-state index in [1.165, 1.54) is 0 Å². The second-order valence-corrected chi connectivity index (χ2v) is 5.62. The van der Waals surface area contributed by atoms with Gasteiger partial charge in [0.15, 0.2) is 0 Å². The summed E-state index contributed by atoms with van der Waals surface area (Å²) in [5.74, 6) is -2.04. The van der Waals surface area contributed by atoms with Gasteiger partial charge < -0.3 is 15.3 Å². The van der Waals surface area contributed by atoms with Crippen LogP contribution >= 0.6 is 0 Å². The Hall–Kier alpha value is -1.85. The fraction of sp³-hybridized carbons (Fsp3) is 0.667. The first-order valence-electron chi connectivity index (χ1n) is 7.53. The number of rotatable bonds is 6. The number of nitrogens with zero attached hydrogens (tertiary/aromatic N) is 1. The van der Waals surface area contributed by atoms with Gasteiger partial charge in [0.1, 0.15) is 0 Å². The number of hydrogen-bond acceptors (Lipinski definition) is 3. The van der Waals surface area contributed by atoms with Crippen LogP contribution in [0.4, 0.5) is 0 Å². The van der Waals surface area contributed by atoms with Crippen LogP contribution in [0.1, 0.15) is 32.1 Å². The molecule has 2 amide bonds.